The average molecular weight is 711 g/mol. The van der Waals surface area contributed by atoms with Crippen molar-refractivity contribution in [1.82, 2.24) is 15.1 Å². The zero-order valence-electron chi connectivity index (χ0n) is 28.1. The molecule has 2 N–H and O–H groups in total. The Hall–Kier alpha value is -4.38. The number of nitrogens with zero attached hydrogens (tertiary/aromatic N) is 2. The summed E-state index contributed by atoms with van der Waals surface area (Å²) < 4.78 is 11.2. The Labute approximate surface area is 296 Å². The Morgan fingerprint density at radius 3 is 2.20 bits per heavy atom. The van der Waals surface area contributed by atoms with Crippen LogP contribution in [0.15, 0.2) is 79.0 Å². The van der Waals surface area contributed by atoms with Crippen molar-refractivity contribution in [1.29, 1.82) is 0 Å². The summed E-state index contributed by atoms with van der Waals surface area (Å²) in [5.41, 5.74) is 2.33. The lowest BCUT2D eigenvalue weighted by Gasteiger charge is -2.40. The van der Waals surface area contributed by atoms with E-state index in [1.807, 2.05) is 44.2 Å². The number of amides is 3. The number of carbonyl (C=O) groups excluding carboxylic acids is 4. The molecule has 260 valence electrons. The summed E-state index contributed by atoms with van der Waals surface area (Å²) in [5.74, 6) is -2.12. The molecule has 0 saturated heterocycles. The monoisotopic (exact) mass is 709 g/mol. The molecule has 1 unspecified atom stereocenters. The summed E-state index contributed by atoms with van der Waals surface area (Å²) in [6.45, 7) is 8.04. The molecule has 0 aliphatic carbocycles. The quantitative estimate of drug-likeness (QED) is 0.221. The van der Waals surface area contributed by atoms with Crippen LogP contribution >= 0.6 is 23.2 Å². The van der Waals surface area contributed by atoms with Crippen LogP contribution in [0, 0.1) is 5.92 Å². The van der Waals surface area contributed by atoms with Crippen molar-refractivity contribution in [2.45, 2.75) is 71.9 Å². The first-order valence-electron chi connectivity index (χ1n) is 16.0. The van der Waals surface area contributed by atoms with Gasteiger partial charge < -0.3 is 24.8 Å². The van der Waals surface area contributed by atoms with Crippen molar-refractivity contribution in [3.8, 4) is 5.75 Å². The highest BCUT2D eigenvalue weighted by atomic mass is 35.5. The molecule has 0 spiro atoms. The molecule has 1 aliphatic rings. The molecule has 3 atom stereocenters. The third kappa shape index (κ3) is 10.1. The number of ether oxygens (including phenoxy) is 2. The summed E-state index contributed by atoms with van der Waals surface area (Å²) in [5, 5.41) is 14.7. The number of aliphatic hydroxyl groups is 1. The van der Waals surface area contributed by atoms with Gasteiger partial charge in [0.05, 0.1) is 17.8 Å². The van der Waals surface area contributed by atoms with E-state index in [0.29, 0.717) is 27.1 Å². The second kappa shape index (κ2) is 16.8. The minimum atomic E-state index is -1.67. The van der Waals surface area contributed by atoms with Gasteiger partial charge in [0, 0.05) is 28.7 Å². The molecule has 3 aromatic carbocycles. The molecular weight excluding hydrogens is 669 g/mol. The molecule has 49 heavy (non-hydrogen) atoms. The van der Waals surface area contributed by atoms with E-state index in [-0.39, 0.29) is 24.9 Å². The minimum Gasteiger partial charge on any atom is -0.489 e. The van der Waals surface area contributed by atoms with Crippen molar-refractivity contribution in [2.24, 2.45) is 5.92 Å². The number of nitrogens with one attached hydrogen (secondary N) is 1. The third-order valence-electron chi connectivity index (χ3n) is 7.74. The van der Waals surface area contributed by atoms with Crippen LogP contribution in [-0.4, -0.2) is 69.4 Å². The van der Waals surface area contributed by atoms with E-state index < -0.39 is 48.6 Å². The zero-order chi connectivity index (χ0) is 35.8. The predicted octanol–water partition coefficient (Wildman–Crippen LogP) is 5.63. The maximum absolute atomic E-state index is 14.1. The van der Waals surface area contributed by atoms with Gasteiger partial charge in [-0.25, -0.2) is 4.79 Å². The van der Waals surface area contributed by atoms with Gasteiger partial charge in [-0.15, -0.1) is 0 Å². The van der Waals surface area contributed by atoms with E-state index in [1.54, 1.807) is 62.5 Å². The largest absolute Gasteiger partial charge is 0.489 e. The lowest BCUT2D eigenvalue weighted by Crippen LogP contribution is -2.57. The summed E-state index contributed by atoms with van der Waals surface area (Å²) in [4.78, 5) is 56.1. The van der Waals surface area contributed by atoms with Crippen molar-refractivity contribution < 1.29 is 33.8 Å². The smallest absolute Gasteiger partial charge is 0.337 e. The molecule has 4 rings (SSSR count). The Balaban J connectivity index is 1.65. The number of rotatable bonds is 13. The van der Waals surface area contributed by atoms with Crippen LogP contribution in [0.25, 0.3) is 5.70 Å². The van der Waals surface area contributed by atoms with Crippen molar-refractivity contribution in [3.05, 3.63) is 106 Å². The highest BCUT2D eigenvalue weighted by molar-refractivity contribution is 6.34. The van der Waals surface area contributed by atoms with E-state index in [4.69, 9.17) is 32.7 Å². The molecule has 0 aromatic heterocycles. The van der Waals surface area contributed by atoms with E-state index >= 15 is 0 Å². The number of benzene rings is 3. The van der Waals surface area contributed by atoms with Crippen LogP contribution in [0.2, 0.25) is 10.0 Å². The lowest BCUT2D eigenvalue weighted by atomic mass is 9.96. The second-order valence-corrected chi connectivity index (χ2v) is 13.3. The topological polar surface area (TPSA) is 125 Å². The van der Waals surface area contributed by atoms with Gasteiger partial charge in [-0.2, -0.15) is 0 Å². The van der Waals surface area contributed by atoms with Gasteiger partial charge in [0.25, 0.3) is 5.91 Å². The first-order chi connectivity index (χ1) is 23.2. The third-order valence-corrected chi connectivity index (χ3v) is 8.18. The van der Waals surface area contributed by atoms with E-state index in [9.17, 15) is 24.3 Å². The van der Waals surface area contributed by atoms with Gasteiger partial charge in [-0.1, -0.05) is 79.5 Å². The molecular formula is C37H41Cl2N3O7. The second-order valence-electron chi connectivity index (χ2n) is 12.4. The lowest BCUT2D eigenvalue weighted by molar-refractivity contribution is -0.159. The van der Waals surface area contributed by atoms with Gasteiger partial charge in [0.2, 0.25) is 11.8 Å². The maximum atomic E-state index is 14.1. The van der Waals surface area contributed by atoms with Crippen LogP contribution in [0.3, 0.4) is 0 Å². The summed E-state index contributed by atoms with van der Waals surface area (Å²) in [6.07, 6.45) is -0.456. The maximum Gasteiger partial charge on any atom is 0.337 e. The molecule has 0 bridgehead atoms. The highest BCUT2D eigenvalue weighted by Crippen LogP contribution is 2.32. The van der Waals surface area contributed by atoms with Crippen molar-refractivity contribution in [2.75, 3.05) is 6.54 Å². The van der Waals surface area contributed by atoms with Crippen molar-refractivity contribution >= 4 is 52.6 Å². The zero-order valence-corrected chi connectivity index (χ0v) is 29.6. The first-order valence-corrected chi connectivity index (χ1v) is 16.7. The van der Waals surface area contributed by atoms with Crippen LogP contribution in [0.1, 0.15) is 51.3 Å². The summed E-state index contributed by atoms with van der Waals surface area (Å²) in [6, 6.07) is 19.2. The Morgan fingerprint density at radius 1 is 0.918 bits per heavy atom. The first kappa shape index (κ1) is 37.4. The molecule has 0 fully saturated rings. The number of halogens is 2. The van der Waals surface area contributed by atoms with E-state index in [2.05, 4.69) is 5.32 Å². The molecule has 1 aliphatic heterocycles. The van der Waals surface area contributed by atoms with Gasteiger partial charge in [0.15, 0.2) is 6.10 Å². The van der Waals surface area contributed by atoms with Gasteiger partial charge in [-0.3, -0.25) is 19.3 Å². The SMILES string of the molecule is CC(=O)N1C=C(c2cccc(OCc3cc(Cl)cc(Cl)c3)c2)N(CC(=O)N[C@@H](Cc2ccccc2)C(O)C(=O)OC(C)C)C(=O)[C@H]1C(C)C. The van der Waals surface area contributed by atoms with E-state index in [1.165, 1.54) is 16.7 Å². The summed E-state index contributed by atoms with van der Waals surface area (Å²) >= 11 is 12.3. The van der Waals surface area contributed by atoms with Crippen molar-refractivity contribution in [3.63, 3.8) is 0 Å². The predicted molar refractivity (Wildman–Crippen MR) is 187 cm³/mol. The van der Waals surface area contributed by atoms with Gasteiger partial charge >= 0.3 is 5.97 Å². The Morgan fingerprint density at radius 2 is 1.59 bits per heavy atom. The molecule has 3 amide bonds. The van der Waals surface area contributed by atoms with Crippen LogP contribution in [0.5, 0.6) is 5.75 Å². The molecule has 1 heterocycles. The molecule has 0 saturated carbocycles. The standard InChI is InChI=1S/C37H41Cl2N3O7/c1-22(2)34-36(46)42(20-33(44)40-31(16-25-10-7-6-8-11-25)35(45)37(47)49-23(3)4)32(19-41(34)24(5)43)27-12-9-13-30(17-27)48-21-26-14-28(38)18-29(39)15-26/h6-15,17-19,22-23,31,34-35,45H,16,20-21H2,1-5H3,(H,40,44)/t31-,34+,35?/m0/s1. The number of aliphatic hydroxyl groups excluding tert-OH is 1. The summed E-state index contributed by atoms with van der Waals surface area (Å²) in [7, 11) is 0. The number of esters is 1. The molecule has 3 aromatic rings. The normalized spacial score (nSPS) is 15.9. The Bertz CT molecular complexity index is 1680. The fraction of sp³-hybridized carbons (Fsp3) is 0.351. The molecule has 0 radical (unpaired) electrons. The fourth-order valence-corrected chi connectivity index (χ4v) is 6.12. The van der Waals surface area contributed by atoms with Gasteiger partial charge in [-0.05, 0) is 67.6 Å². The number of hydrogen-bond donors (Lipinski definition) is 2. The van der Waals surface area contributed by atoms with Crippen LogP contribution < -0.4 is 10.1 Å². The number of carbonyl (C=O) groups is 4. The minimum absolute atomic E-state index is 0.127. The van der Waals surface area contributed by atoms with E-state index in [0.717, 1.165) is 11.1 Å². The van der Waals surface area contributed by atoms with Crippen LogP contribution in [-0.2, 0) is 36.9 Å². The fourth-order valence-electron chi connectivity index (χ4n) is 5.54. The average Bonchev–Trinajstić information content (AvgIpc) is 3.03. The van der Waals surface area contributed by atoms with Gasteiger partial charge in [0.1, 0.15) is 24.9 Å². The highest BCUT2D eigenvalue weighted by Gasteiger charge is 2.40. The molecule has 12 heteroatoms. The molecule has 10 nitrogen and oxygen atoms in total. The van der Waals surface area contributed by atoms with Crippen LogP contribution in [0.4, 0.5) is 0 Å². The Kier molecular flexibility index (Phi) is 12.9. The number of hydrogen-bond acceptors (Lipinski definition) is 7.